The molecule has 0 saturated heterocycles. The van der Waals surface area contributed by atoms with Crippen molar-refractivity contribution in [2.24, 2.45) is 0 Å². The zero-order valence-corrected chi connectivity index (χ0v) is 10.9. The van der Waals surface area contributed by atoms with E-state index in [2.05, 4.69) is 28.5 Å². The molecule has 0 saturated carbocycles. The Balaban J connectivity index is 1.75. The van der Waals surface area contributed by atoms with Gasteiger partial charge in [-0.2, -0.15) is 0 Å². The highest BCUT2D eigenvalue weighted by atomic mass is 16.5. The van der Waals surface area contributed by atoms with Crippen molar-refractivity contribution in [3.8, 4) is 5.75 Å². The third-order valence-electron chi connectivity index (χ3n) is 3.65. The van der Waals surface area contributed by atoms with Gasteiger partial charge in [0.15, 0.2) is 5.75 Å². The van der Waals surface area contributed by atoms with Gasteiger partial charge in [0.1, 0.15) is 6.10 Å². The first-order valence-electron chi connectivity index (χ1n) is 6.75. The number of pyridine rings is 1. The van der Waals surface area contributed by atoms with Crippen LogP contribution in [0, 0.1) is 0 Å². The number of para-hydroxylation sites is 1. The minimum Gasteiger partial charge on any atom is -0.480 e. The van der Waals surface area contributed by atoms with Crippen LogP contribution in [0.2, 0.25) is 0 Å². The Morgan fingerprint density at radius 1 is 1.00 bits per heavy atom. The SMILES string of the molecule is c1ccc(C2CNc3c(cnc4ccccc34)O2)cc1. The van der Waals surface area contributed by atoms with Gasteiger partial charge in [-0.05, 0) is 11.6 Å². The van der Waals surface area contributed by atoms with Crippen LogP contribution in [0.4, 0.5) is 5.69 Å². The molecular formula is C17H14N2O. The molecule has 0 amide bonds. The number of nitrogens with zero attached hydrogens (tertiary/aromatic N) is 1. The summed E-state index contributed by atoms with van der Waals surface area (Å²) >= 11 is 0. The second-order valence-corrected chi connectivity index (χ2v) is 4.91. The summed E-state index contributed by atoms with van der Waals surface area (Å²) in [5.41, 5.74) is 3.21. The molecule has 3 nitrogen and oxygen atoms in total. The number of hydrogen-bond donors (Lipinski definition) is 1. The van der Waals surface area contributed by atoms with E-state index < -0.39 is 0 Å². The molecule has 1 N–H and O–H groups in total. The summed E-state index contributed by atoms with van der Waals surface area (Å²) in [4.78, 5) is 4.46. The molecule has 2 aromatic carbocycles. The van der Waals surface area contributed by atoms with E-state index in [1.165, 1.54) is 5.56 Å². The molecule has 3 heteroatoms. The zero-order valence-electron chi connectivity index (χ0n) is 10.9. The lowest BCUT2D eigenvalue weighted by molar-refractivity contribution is 0.210. The predicted octanol–water partition coefficient (Wildman–Crippen LogP) is 3.78. The van der Waals surface area contributed by atoms with Crippen molar-refractivity contribution in [1.29, 1.82) is 0 Å². The third kappa shape index (κ3) is 1.79. The largest absolute Gasteiger partial charge is 0.480 e. The fourth-order valence-electron chi connectivity index (χ4n) is 2.64. The van der Waals surface area contributed by atoms with Crippen molar-refractivity contribution in [3.63, 3.8) is 0 Å². The summed E-state index contributed by atoms with van der Waals surface area (Å²) in [6, 6.07) is 18.4. The number of fused-ring (bicyclic) bond motifs is 3. The molecule has 98 valence electrons. The number of nitrogens with one attached hydrogen (secondary N) is 1. The van der Waals surface area contributed by atoms with Crippen LogP contribution in [0.25, 0.3) is 10.9 Å². The van der Waals surface area contributed by atoms with Gasteiger partial charge in [0, 0.05) is 5.39 Å². The Morgan fingerprint density at radius 2 is 1.80 bits per heavy atom. The van der Waals surface area contributed by atoms with Crippen LogP contribution in [-0.2, 0) is 0 Å². The number of ether oxygens (including phenoxy) is 1. The summed E-state index contributed by atoms with van der Waals surface area (Å²) < 4.78 is 6.10. The summed E-state index contributed by atoms with van der Waals surface area (Å²) in [5.74, 6) is 0.823. The maximum absolute atomic E-state index is 6.10. The lowest BCUT2D eigenvalue weighted by Crippen LogP contribution is -2.23. The van der Waals surface area contributed by atoms with E-state index in [-0.39, 0.29) is 6.10 Å². The van der Waals surface area contributed by atoms with Gasteiger partial charge in [0.05, 0.1) is 23.9 Å². The minimum absolute atomic E-state index is 0.0339. The molecule has 1 unspecified atom stereocenters. The first-order chi connectivity index (χ1) is 9.92. The van der Waals surface area contributed by atoms with Crippen LogP contribution >= 0.6 is 0 Å². The second kappa shape index (κ2) is 4.53. The number of aromatic nitrogens is 1. The minimum atomic E-state index is 0.0339. The van der Waals surface area contributed by atoms with Crippen molar-refractivity contribution in [2.75, 3.05) is 11.9 Å². The average molecular weight is 262 g/mol. The molecule has 1 atom stereocenters. The number of rotatable bonds is 1. The molecule has 0 spiro atoms. The molecular weight excluding hydrogens is 248 g/mol. The fraction of sp³-hybridized carbons (Fsp3) is 0.118. The van der Waals surface area contributed by atoms with E-state index in [9.17, 15) is 0 Å². The Hall–Kier alpha value is -2.55. The van der Waals surface area contributed by atoms with E-state index in [1.807, 2.05) is 36.4 Å². The van der Waals surface area contributed by atoms with Gasteiger partial charge in [-0.15, -0.1) is 0 Å². The molecule has 1 aromatic heterocycles. The van der Waals surface area contributed by atoms with Crippen LogP contribution in [0.5, 0.6) is 5.75 Å². The van der Waals surface area contributed by atoms with Crippen LogP contribution in [0.3, 0.4) is 0 Å². The monoisotopic (exact) mass is 262 g/mol. The Labute approximate surface area is 117 Å². The Morgan fingerprint density at radius 3 is 2.70 bits per heavy atom. The Bertz CT molecular complexity index is 755. The van der Waals surface area contributed by atoms with Gasteiger partial charge < -0.3 is 10.1 Å². The lowest BCUT2D eigenvalue weighted by Gasteiger charge is -2.28. The van der Waals surface area contributed by atoms with E-state index in [0.717, 1.165) is 28.9 Å². The molecule has 0 bridgehead atoms. The van der Waals surface area contributed by atoms with Crippen molar-refractivity contribution in [3.05, 3.63) is 66.4 Å². The molecule has 0 aliphatic carbocycles. The molecule has 20 heavy (non-hydrogen) atoms. The predicted molar refractivity (Wildman–Crippen MR) is 80.0 cm³/mol. The summed E-state index contributed by atoms with van der Waals surface area (Å²) in [7, 11) is 0. The van der Waals surface area contributed by atoms with Gasteiger partial charge in [-0.3, -0.25) is 4.98 Å². The second-order valence-electron chi connectivity index (χ2n) is 4.91. The normalized spacial score (nSPS) is 17.1. The standard InChI is InChI=1S/C17H14N2O/c1-2-6-12(7-3-1)15-10-19-17-13-8-4-5-9-14(13)18-11-16(17)20-15/h1-9,11,15,19H,10H2. The number of hydrogen-bond acceptors (Lipinski definition) is 3. The van der Waals surface area contributed by atoms with E-state index in [1.54, 1.807) is 6.20 Å². The molecule has 1 aliphatic heterocycles. The van der Waals surface area contributed by atoms with Gasteiger partial charge in [-0.1, -0.05) is 48.5 Å². The van der Waals surface area contributed by atoms with Crippen LogP contribution in [0.1, 0.15) is 11.7 Å². The number of benzene rings is 2. The molecule has 3 aromatic rings. The highest BCUT2D eigenvalue weighted by molar-refractivity contribution is 5.94. The molecule has 2 heterocycles. The lowest BCUT2D eigenvalue weighted by atomic mass is 10.1. The van der Waals surface area contributed by atoms with E-state index >= 15 is 0 Å². The van der Waals surface area contributed by atoms with Crippen molar-refractivity contribution < 1.29 is 4.74 Å². The van der Waals surface area contributed by atoms with Crippen LogP contribution in [0.15, 0.2) is 60.8 Å². The first kappa shape index (κ1) is 11.3. The summed E-state index contributed by atoms with van der Waals surface area (Å²) in [6.07, 6.45) is 1.84. The zero-order chi connectivity index (χ0) is 13.4. The van der Waals surface area contributed by atoms with Gasteiger partial charge >= 0.3 is 0 Å². The van der Waals surface area contributed by atoms with Gasteiger partial charge in [0.25, 0.3) is 0 Å². The van der Waals surface area contributed by atoms with Crippen LogP contribution in [-0.4, -0.2) is 11.5 Å². The Kier molecular flexibility index (Phi) is 2.56. The first-order valence-corrected chi connectivity index (χ1v) is 6.75. The fourth-order valence-corrected chi connectivity index (χ4v) is 2.64. The average Bonchev–Trinajstić information content (AvgIpc) is 2.55. The summed E-state index contributed by atoms with van der Waals surface area (Å²) in [5, 5.41) is 4.60. The molecule has 4 rings (SSSR count). The van der Waals surface area contributed by atoms with Crippen molar-refractivity contribution in [1.82, 2.24) is 4.98 Å². The van der Waals surface area contributed by atoms with Gasteiger partial charge in [-0.25, -0.2) is 0 Å². The highest BCUT2D eigenvalue weighted by Crippen LogP contribution is 2.38. The number of anilines is 1. The topological polar surface area (TPSA) is 34.2 Å². The third-order valence-corrected chi connectivity index (χ3v) is 3.65. The molecule has 0 radical (unpaired) electrons. The molecule has 1 aliphatic rings. The van der Waals surface area contributed by atoms with Crippen molar-refractivity contribution in [2.45, 2.75) is 6.10 Å². The quantitative estimate of drug-likeness (QED) is 0.724. The maximum Gasteiger partial charge on any atom is 0.162 e. The van der Waals surface area contributed by atoms with Crippen molar-refractivity contribution >= 4 is 16.6 Å². The molecule has 0 fully saturated rings. The summed E-state index contributed by atoms with van der Waals surface area (Å²) in [6.45, 7) is 0.769. The van der Waals surface area contributed by atoms with Crippen LogP contribution < -0.4 is 10.1 Å². The van der Waals surface area contributed by atoms with Gasteiger partial charge in [0.2, 0.25) is 0 Å². The smallest absolute Gasteiger partial charge is 0.162 e. The maximum atomic E-state index is 6.10. The van der Waals surface area contributed by atoms with E-state index in [0.29, 0.717) is 0 Å². The highest BCUT2D eigenvalue weighted by Gasteiger charge is 2.22. The van der Waals surface area contributed by atoms with E-state index in [4.69, 9.17) is 4.74 Å².